The summed E-state index contributed by atoms with van der Waals surface area (Å²) in [5, 5.41) is 48.5. The van der Waals surface area contributed by atoms with Crippen LogP contribution in [0.4, 0.5) is 85.4 Å². The largest absolute Gasteiger partial charge is 0.378 e. The summed E-state index contributed by atoms with van der Waals surface area (Å²) in [5.74, 6) is 1.43. The van der Waals surface area contributed by atoms with Gasteiger partial charge in [0, 0.05) is 166 Å². The second-order valence-electron chi connectivity index (χ2n) is 39.0. The molecule has 36 nitrogen and oxygen atoms in total. The van der Waals surface area contributed by atoms with Gasteiger partial charge in [-0.2, -0.15) is 20.4 Å². The van der Waals surface area contributed by atoms with Crippen LogP contribution in [0.5, 0.6) is 0 Å². The minimum Gasteiger partial charge on any atom is -0.378 e. The molecular formula is C106H109F4N29O7. The lowest BCUT2D eigenvalue weighted by molar-refractivity contribution is -0.117. The molecule has 4 unspecified atom stereocenters. The third-order valence-corrected chi connectivity index (χ3v) is 26.2. The van der Waals surface area contributed by atoms with Crippen molar-refractivity contribution in [2.75, 3.05) is 163 Å². The molecule has 7 amide bonds. The van der Waals surface area contributed by atoms with Gasteiger partial charge in [-0.15, -0.1) is 0 Å². The van der Waals surface area contributed by atoms with Crippen molar-refractivity contribution in [1.29, 1.82) is 0 Å². The number of morpholine rings is 1. The van der Waals surface area contributed by atoms with Gasteiger partial charge in [-0.25, -0.2) is 42.3 Å². The summed E-state index contributed by atoms with van der Waals surface area (Å²) < 4.78 is 62.1. The van der Waals surface area contributed by atoms with E-state index in [0.29, 0.717) is 176 Å². The lowest BCUT2D eigenvalue weighted by atomic mass is 10.0. The van der Waals surface area contributed by atoms with E-state index < -0.39 is 22.7 Å². The summed E-state index contributed by atoms with van der Waals surface area (Å²) in [6.07, 6.45) is 24.0. The molecule has 4 atom stereocenters. The van der Waals surface area contributed by atoms with Crippen LogP contribution in [0.1, 0.15) is 114 Å². The zero-order chi connectivity index (χ0) is 102. The van der Waals surface area contributed by atoms with Gasteiger partial charge in [-0.1, -0.05) is 24.3 Å². The second-order valence-corrected chi connectivity index (χ2v) is 39.0. The number of amides is 7. The van der Waals surface area contributed by atoms with Crippen molar-refractivity contribution >= 4 is 142 Å². The minimum absolute atomic E-state index is 0.0204. The number of alkyl halides is 4. The average molecular weight is 1980 g/mol. The van der Waals surface area contributed by atoms with Crippen LogP contribution in [0.15, 0.2) is 220 Å². The van der Waals surface area contributed by atoms with Crippen LogP contribution in [0.2, 0.25) is 0 Å². The molecule has 4 aromatic carbocycles. The number of halogens is 4. The summed E-state index contributed by atoms with van der Waals surface area (Å²) in [6.45, 7) is 14.0. The van der Waals surface area contributed by atoms with Crippen molar-refractivity contribution in [3.05, 3.63) is 248 Å². The fraction of sp³-hybridized carbons (Fsp3) is 0.302. The maximum absolute atomic E-state index is 14.2. The first-order chi connectivity index (χ1) is 70.2. The predicted octanol–water partition coefficient (Wildman–Crippen LogP) is 17.2. The van der Waals surface area contributed by atoms with Crippen LogP contribution < -0.4 is 56.4 Å². The highest BCUT2D eigenvalue weighted by atomic mass is 19.2. The normalized spacial score (nSPS) is 18.6. The van der Waals surface area contributed by atoms with Crippen molar-refractivity contribution < 1.29 is 51.1 Å². The number of nitrogens with zero attached hydrogens (tertiary/aromatic N) is 19. The number of urea groups is 1. The van der Waals surface area contributed by atoms with Crippen LogP contribution in [0.3, 0.4) is 0 Å². The maximum Gasteiger partial charge on any atom is 0.321 e. The fourth-order valence-electron chi connectivity index (χ4n) is 18.1. The quantitative estimate of drug-likeness (QED) is 0.0282. The number of anilines is 11. The predicted molar refractivity (Wildman–Crippen MR) is 556 cm³/mol. The molecular weight excluding hydrogens is 1870 g/mol. The smallest absolute Gasteiger partial charge is 0.321 e. The van der Waals surface area contributed by atoms with Gasteiger partial charge in [0.2, 0.25) is 5.91 Å². The SMILES string of the molecule is CC1(F)CCN(c2ccc(NC(=O)c3n[nH]c4ccc(-c5cncc(N6CCOCC6)c5)cc34)cn2)C1.CC1(F)CCN(c2ccc(NC(=O)c3n[nH]c4ccc(-c5cncc(NC(=O)C6CC6)c5)cc34)cn2)C1.CN(C)C(=O)Nc1cncc(-c2ccc3[nH]nc(C(=O)Nc4ccc(N5CCC(C)(F)C5)nc4)c3c2)c1.CN(C)Cc1cncc(-c2ccc3[nH]nc(C(=O)Nc4ccc(N5CCC(C)(F)C5)nc4)c3c2)c1. The number of carbonyl (C=O) groups excluding carboxylic acids is 6. The Morgan fingerprint density at radius 2 is 0.671 bits per heavy atom. The topological polar surface area (TPSA) is 424 Å². The van der Waals surface area contributed by atoms with E-state index in [1.54, 1.807) is 140 Å². The number of fused-ring (bicyclic) bond motifs is 4. The van der Waals surface area contributed by atoms with Crippen molar-refractivity contribution in [2.45, 2.75) is 95.4 Å². The Labute approximate surface area is 836 Å². The van der Waals surface area contributed by atoms with Gasteiger partial charge in [0.05, 0.1) is 145 Å². The first-order valence-corrected chi connectivity index (χ1v) is 48.1. The Hall–Kier alpha value is -16.8. The molecule has 5 aliphatic heterocycles. The Kier molecular flexibility index (Phi) is 28.0. The van der Waals surface area contributed by atoms with E-state index in [1.165, 1.54) is 4.90 Å². The standard InChI is InChI=1S/C27H28FN7O2.C27H26FN7O2.C26H27FN8O2.C26H28FN7O/c1-27(28)6-7-35(17-27)24-5-3-20(15-30-24)31-26(36)25-22-13-18(2-4-23(22)32-33-25)19-12-21(16-29-14-19)34-8-10-37-11-9-34;1-27(28)8-9-35(15-27)23-7-5-19(14-30-23)31-26(37)24-21-11-17(4-6-22(21)33-34-24)18-10-20(13-29-12-18)32-25(36)16-2-3-16;1-26(27)8-9-35(15-26)22-7-5-18(14-29-22)30-24(36)23-20-11-16(4-6-21(20)32-33-23)17-10-19(13-28-12-17)31-25(37)34(2)3;1-26(27)8-9-34(16-26)23-7-5-20(14-29-23)30-25(35)24-21-11-18(4-6-22(21)31-32-24)19-10-17(12-28-13-19)15-33(2)3/h2-5,12-16H,6-11,17H2,1H3,(H,31,36)(H,32,33);4-7,10-14,16H,2-3,8-9,15H2,1H3,(H,31,37)(H,32,36)(H,33,34);4-7,10-14H,8-9,15H2,1-3H3,(H,30,36)(H,31,37)(H,32,33);4-7,10-14H,8-9,15-16H2,1-3H3,(H,30,35)(H,31,32). The zero-order valence-corrected chi connectivity index (χ0v) is 81.7. The Balaban J connectivity index is 0.000000123. The van der Waals surface area contributed by atoms with Gasteiger partial charge in [0.25, 0.3) is 23.6 Å². The molecule has 1 aliphatic carbocycles. The number of benzene rings is 4. The van der Waals surface area contributed by atoms with Crippen LogP contribution in [0.25, 0.3) is 88.1 Å². The molecule has 146 heavy (non-hydrogen) atoms. The molecule has 0 radical (unpaired) electrons. The molecule has 22 rings (SSSR count). The molecule has 6 aliphatic rings. The number of ether oxygens (including phenoxy) is 1. The molecule has 0 bridgehead atoms. The molecule has 0 spiro atoms. The molecule has 10 N–H and O–H groups in total. The van der Waals surface area contributed by atoms with Crippen molar-refractivity contribution in [3.8, 4) is 44.5 Å². The number of carbonyl (C=O) groups is 6. The van der Waals surface area contributed by atoms with E-state index in [1.807, 2.05) is 143 Å². The van der Waals surface area contributed by atoms with E-state index in [0.717, 1.165) is 116 Å². The second kappa shape index (κ2) is 41.6. The molecule has 5 saturated heterocycles. The van der Waals surface area contributed by atoms with Crippen LogP contribution in [0, 0.1) is 5.92 Å². The van der Waals surface area contributed by atoms with Gasteiger partial charge < -0.3 is 70.9 Å². The average Bonchev–Trinajstić information content (AvgIpc) is 1.64. The number of H-pyrrole nitrogens is 4. The molecule has 748 valence electrons. The van der Waals surface area contributed by atoms with Gasteiger partial charge in [-0.05, 0) is 204 Å². The van der Waals surface area contributed by atoms with Crippen LogP contribution in [-0.4, -0.2) is 256 Å². The van der Waals surface area contributed by atoms with E-state index in [2.05, 4.69) is 134 Å². The Bertz CT molecular complexity index is 7300. The van der Waals surface area contributed by atoms with Gasteiger partial charge >= 0.3 is 6.03 Å². The van der Waals surface area contributed by atoms with Crippen molar-refractivity contribution in [3.63, 3.8) is 0 Å². The number of aromatic nitrogens is 16. The third kappa shape index (κ3) is 23.4. The highest BCUT2D eigenvalue weighted by Crippen LogP contribution is 2.39. The summed E-state index contributed by atoms with van der Waals surface area (Å²) in [5.41, 5.74) is 11.8. The molecule has 12 aromatic heterocycles. The number of nitrogens with one attached hydrogen (secondary N) is 10. The highest BCUT2D eigenvalue weighted by Gasteiger charge is 2.39. The number of aromatic amines is 4. The third-order valence-electron chi connectivity index (χ3n) is 26.2. The van der Waals surface area contributed by atoms with E-state index in [4.69, 9.17) is 4.74 Å². The fourth-order valence-corrected chi connectivity index (χ4v) is 18.1. The van der Waals surface area contributed by atoms with Gasteiger partial charge in [0.15, 0.2) is 22.8 Å². The summed E-state index contributed by atoms with van der Waals surface area (Å²) >= 11 is 0. The molecule has 17 heterocycles. The Morgan fingerprint density at radius 3 is 0.979 bits per heavy atom. The van der Waals surface area contributed by atoms with E-state index in [9.17, 15) is 46.3 Å². The number of hydrogen-bond acceptors (Lipinski definition) is 25. The summed E-state index contributed by atoms with van der Waals surface area (Å²) in [6, 6.07) is 44.8. The summed E-state index contributed by atoms with van der Waals surface area (Å²) in [7, 11) is 7.35. The van der Waals surface area contributed by atoms with Gasteiger partial charge in [0.1, 0.15) is 45.9 Å². The number of rotatable bonds is 22. The maximum atomic E-state index is 14.2. The molecule has 6 fully saturated rings. The first-order valence-electron chi connectivity index (χ1n) is 48.1. The molecule has 40 heteroatoms. The minimum atomic E-state index is -1.22. The Morgan fingerprint density at radius 1 is 0.349 bits per heavy atom. The van der Waals surface area contributed by atoms with E-state index in [-0.39, 0.29) is 52.9 Å². The van der Waals surface area contributed by atoms with Crippen molar-refractivity contribution in [2.24, 2.45) is 5.92 Å². The van der Waals surface area contributed by atoms with Crippen LogP contribution >= 0.6 is 0 Å². The lowest BCUT2D eigenvalue weighted by Gasteiger charge is -2.28. The summed E-state index contributed by atoms with van der Waals surface area (Å²) in [4.78, 5) is 125. The lowest BCUT2D eigenvalue weighted by Crippen LogP contribution is -2.36. The highest BCUT2D eigenvalue weighted by molar-refractivity contribution is 6.15. The number of pyridine rings is 8. The van der Waals surface area contributed by atoms with Crippen molar-refractivity contribution in [1.82, 2.24) is 90.5 Å². The number of hydrogen-bond donors (Lipinski definition) is 10. The zero-order valence-electron chi connectivity index (χ0n) is 81.7. The monoisotopic (exact) mass is 1980 g/mol. The first kappa shape index (κ1) is 98.0. The molecule has 1 saturated carbocycles. The molecule has 16 aromatic rings. The van der Waals surface area contributed by atoms with E-state index >= 15 is 0 Å². The van der Waals surface area contributed by atoms with Crippen LogP contribution in [-0.2, 0) is 16.1 Å². The van der Waals surface area contributed by atoms with Gasteiger partial charge in [-0.3, -0.25) is 64.3 Å².